The predicted molar refractivity (Wildman–Crippen MR) is 55.6 cm³/mol. The molecule has 90 valence electrons. The van der Waals surface area contributed by atoms with Gasteiger partial charge in [0.2, 0.25) is 0 Å². The predicted octanol–water partition coefficient (Wildman–Crippen LogP) is 0.149. The summed E-state index contributed by atoms with van der Waals surface area (Å²) >= 11 is 0. The van der Waals surface area contributed by atoms with Crippen molar-refractivity contribution in [3.8, 4) is 0 Å². The van der Waals surface area contributed by atoms with Crippen molar-refractivity contribution in [1.82, 2.24) is 5.32 Å². The lowest BCUT2D eigenvalue weighted by Crippen LogP contribution is -2.59. The van der Waals surface area contributed by atoms with Crippen LogP contribution in [0.2, 0.25) is 0 Å². The monoisotopic (exact) mass is 228 g/mol. The number of nitrogens with one attached hydrogen (secondary N) is 1. The van der Waals surface area contributed by atoms with E-state index in [-0.39, 0.29) is 18.2 Å². The molecule has 0 aliphatic carbocycles. The highest BCUT2D eigenvalue weighted by atomic mass is 16.8. The van der Waals surface area contributed by atoms with E-state index in [4.69, 9.17) is 15.0 Å². The molecule has 2 fully saturated rings. The van der Waals surface area contributed by atoms with Crippen LogP contribution in [0.25, 0.3) is 10.4 Å². The first-order chi connectivity index (χ1) is 7.53. The zero-order valence-corrected chi connectivity index (χ0v) is 9.33. The molecule has 7 heteroatoms. The number of hydrogen-bond acceptors (Lipinski definition) is 5. The van der Waals surface area contributed by atoms with Crippen LogP contribution < -0.4 is 5.32 Å². The van der Waals surface area contributed by atoms with Crippen LogP contribution in [-0.4, -0.2) is 48.3 Å². The minimum absolute atomic E-state index is 0.105. The summed E-state index contributed by atoms with van der Waals surface area (Å²) in [4.78, 5) is 2.73. The van der Waals surface area contributed by atoms with Gasteiger partial charge in [-0.15, -0.1) is 0 Å². The Morgan fingerprint density at radius 1 is 1.50 bits per heavy atom. The molecule has 0 bridgehead atoms. The lowest BCUT2D eigenvalue weighted by Gasteiger charge is -2.34. The Kier molecular flexibility index (Phi) is 3.05. The fourth-order valence-corrected chi connectivity index (χ4v) is 2.22. The van der Waals surface area contributed by atoms with Gasteiger partial charge in [-0.2, -0.15) is 0 Å². The number of aliphatic hydroxyl groups excluding tert-OH is 1. The Morgan fingerprint density at radius 2 is 2.19 bits per heavy atom. The topological polar surface area (TPSA) is 99.5 Å². The van der Waals surface area contributed by atoms with Gasteiger partial charge in [0, 0.05) is 24.0 Å². The van der Waals surface area contributed by atoms with E-state index < -0.39 is 11.9 Å². The molecule has 16 heavy (non-hydrogen) atoms. The van der Waals surface area contributed by atoms with Crippen LogP contribution in [0.1, 0.15) is 13.8 Å². The second-order valence-electron chi connectivity index (χ2n) is 4.56. The third-order valence-electron chi connectivity index (χ3n) is 2.87. The second-order valence-corrected chi connectivity index (χ2v) is 4.56. The lowest BCUT2D eigenvalue weighted by molar-refractivity contribution is -0.153. The van der Waals surface area contributed by atoms with Gasteiger partial charge in [-0.05, 0) is 19.4 Å². The average molecular weight is 228 g/mol. The van der Waals surface area contributed by atoms with Gasteiger partial charge in [-0.25, -0.2) is 0 Å². The Balaban J connectivity index is 2.11. The molecule has 2 N–H and O–H groups in total. The third kappa shape index (κ3) is 2.14. The Morgan fingerprint density at radius 3 is 2.88 bits per heavy atom. The van der Waals surface area contributed by atoms with E-state index in [0.29, 0.717) is 13.1 Å². The molecular weight excluding hydrogens is 212 g/mol. The summed E-state index contributed by atoms with van der Waals surface area (Å²) < 4.78 is 11.3. The average Bonchev–Trinajstić information content (AvgIpc) is 2.54. The molecular formula is C9H16N4O3. The second kappa shape index (κ2) is 4.20. The zero-order valence-electron chi connectivity index (χ0n) is 9.33. The quantitative estimate of drug-likeness (QED) is 0.399. The molecule has 2 saturated heterocycles. The summed E-state index contributed by atoms with van der Waals surface area (Å²) in [6.45, 7) is 4.33. The number of nitrogens with zero attached hydrogens (tertiary/aromatic N) is 3. The van der Waals surface area contributed by atoms with E-state index in [9.17, 15) is 5.11 Å². The van der Waals surface area contributed by atoms with Crippen molar-refractivity contribution in [2.45, 2.75) is 44.0 Å². The molecule has 0 aromatic heterocycles. The van der Waals surface area contributed by atoms with Crippen LogP contribution in [0.4, 0.5) is 0 Å². The summed E-state index contributed by atoms with van der Waals surface area (Å²) in [5.41, 5.74) is 8.30. The van der Waals surface area contributed by atoms with Crippen molar-refractivity contribution in [3.63, 3.8) is 0 Å². The van der Waals surface area contributed by atoms with Crippen molar-refractivity contribution in [2.75, 3.05) is 13.1 Å². The number of rotatable bonds is 2. The number of azide groups is 1. The number of ether oxygens (including phenoxy) is 2. The van der Waals surface area contributed by atoms with Gasteiger partial charge in [0.1, 0.15) is 12.2 Å². The molecule has 2 aliphatic heterocycles. The number of piperidine rings is 1. The first-order valence-corrected chi connectivity index (χ1v) is 5.31. The maximum absolute atomic E-state index is 9.78. The van der Waals surface area contributed by atoms with Gasteiger partial charge in [0.05, 0.1) is 6.10 Å². The standard InChI is InChI=1S/C9H16N4O3/c1-9(2)15-7-5(3-12-13-10)11-4-6(14)8(7)16-9/h5-8,11,14H,3-4H2,1-2H3/t5-,6-,7-,8-/m1/s1. The van der Waals surface area contributed by atoms with Gasteiger partial charge in [-0.1, -0.05) is 5.11 Å². The Labute approximate surface area is 93.4 Å². The molecule has 2 rings (SSSR count). The molecule has 0 amide bonds. The van der Waals surface area contributed by atoms with E-state index >= 15 is 0 Å². The van der Waals surface area contributed by atoms with E-state index in [0.717, 1.165) is 0 Å². The smallest absolute Gasteiger partial charge is 0.163 e. The summed E-state index contributed by atoms with van der Waals surface area (Å²) in [7, 11) is 0. The van der Waals surface area contributed by atoms with Crippen LogP contribution in [0.3, 0.4) is 0 Å². The van der Waals surface area contributed by atoms with Crippen LogP contribution in [-0.2, 0) is 9.47 Å². The van der Waals surface area contributed by atoms with Crippen molar-refractivity contribution < 1.29 is 14.6 Å². The fourth-order valence-electron chi connectivity index (χ4n) is 2.22. The summed E-state index contributed by atoms with van der Waals surface area (Å²) in [5.74, 6) is -0.697. The van der Waals surface area contributed by atoms with Gasteiger partial charge < -0.3 is 19.9 Å². The van der Waals surface area contributed by atoms with E-state index in [1.165, 1.54) is 0 Å². The van der Waals surface area contributed by atoms with Gasteiger partial charge >= 0.3 is 0 Å². The lowest BCUT2D eigenvalue weighted by atomic mass is 9.96. The molecule has 4 atom stereocenters. The normalized spacial score (nSPS) is 41.2. The minimum atomic E-state index is -0.697. The Hall–Kier alpha value is -0.850. The number of aliphatic hydroxyl groups is 1. The zero-order chi connectivity index (χ0) is 11.8. The van der Waals surface area contributed by atoms with Crippen molar-refractivity contribution >= 4 is 0 Å². The third-order valence-corrected chi connectivity index (χ3v) is 2.87. The molecule has 0 radical (unpaired) electrons. The van der Waals surface area contributed by atoms with Gasteiger partial charge in [0.15, 0.2) is 5.79 Å². The van der Waals surface area contributed by atoms with Crippen molar-refractivity contribution in [1.29, 1.82) is 0 Å². The largest absolute Gasteiger partial charge is 0.389 e. The Bertz CT molecular complexity index is 316. The fraction of sp³-hybridized carbons (Fsp3) is 1.00. The molecule has 0 aromatic rings. The molecule has 0 saturated carbocycles. The highest BCUT2D eigenvalue weighted by molar-refractivity contribution is 4.99. The molecule has 2 heterocycles. The first-order valence-electron chi connectivity index (χ1n) is 5.31. The van der Waals surface area contributed by atoms with Crippen molar-refractivity contribution in [3.05, 3.63) is 10.4 Å². The molecule has 2 aliphatic rings. The van der Waals surface area contributed by atoms with E-state index in [1.807, 2.05) is 13.8 Å². The van der Waals surface area contributed by atoms with E-state index in [2.05, 4.69) is 15.3 Å². The van der Waals surface area contributed by atoms with Crippen molar-refractivity contribution in [2.24, 2.45) is 5.11 Å². The SMILES string of the molecule is CC1(C)O[C@H]2[C@H](O1)[C@@H](CN=[N+]=[N-])NC[C@H]2O. The molecule has 0 aromatic carbocycles. The summed E-state index contributed by atoms with van der Waals surface area (Å²) in [5, 5.41) is 16.4. The summed E-state index contributed by atoms with van der Waals surface area (Å²) in [6.07, 6.45) is -1.21. The first kappa shape index (κ1) is 11.6. The van der Waals surface area contributed by atoms with Gasteiger partial charge in [-0.3, -0.25) is 0 Å². The maximum Gasteiger partial charge on any atom is 0.163 e. The number of hydrogen-bond donors (Lipinski definition) is 2. The van der Waals surface area contributed by atoms with E-state index in [1.54, 1.807) is 0 Å². The van der Waals surface area contributed by atoms with Crippen LogP contribution in [0.5, 0.6) is 0 Å². The molecule has 0 unspecified atom stereocenters. The number of β-amino-alcohol motifs (C(OH)–C–C–N with tert-alkyl or cyclic N) is 1. The highest BCUT2D eigenvalue weighted by Crippen LogP contribution is 2.33. The number of fused-ring (bicyclic) bond motifs is 1. The summed E-state index contributed by atoms with van der Waals surface area (Å²) in [6, 6.07) is -0.105. The molecule has 0 spiro atoms. The molecule has 7 nitrogen and oxygen atoms in total. The minimum Gasteiger partial charge on any atom is -0.389 e. The van der Waals surface area contributed by atoms with Crippen LogP contribution >= 0.6 is 0 Å². The maximum atomic E-state index is 9.78. The van der Waals surface area contributed by atoms with Crippen LogP contribution in [0, 0.1) is 0 Å². The van der Waals surface area contributed by atoms with Crippen LogP contribution in [0.15, 0.2) is 5.11 Å². The highest BCUT2D eigenvalue weighted by Gasteiger charge is 2.50. The van der Waals surface area contributed by atoms with Gasteiger partial charge in [0.25, 0.3) is 0 Å².